The van der Waals surface area contributed by atoms with Crippen LogP contribution in [0.15, 0.2) is 83.8 Å². The molecule has 2 atom stereocenters. The van der Waals surface area contributed by atoms with Crippen LogP contribution in [0.25, 0.3) is 0 Å². The summed E-state index contributed by atoms with van der Waals surface area (Å²) in [6, 6.07) is 23.0. The van der Waals surface area contributed by atoms with Gasteiger partial charge < -0.3 is 15.2 Å². The molecule has 0 aliphatic carbocycles. The van der Waals surface area contributed by atoms with E-state index in [4.69, 9.17) is 4.74 Å². The highest BCUT2D eigenvalue weighted by atomic mass is 32.2. The van der Waals surface area contributed by atoms with Crippen molar-refractivity contribution in [2.75, 3.05) is 10.8 Å². The number of ether oxygens (including phenoxy) is 1. The number of hydrogen-bond acceptors (Lipinski definition) is 5. The van der Waals surface area contributed by atoms with E-state index >= 15 is 0 Å². The van der Waals surface area contributed by atoms with Gasteiger partial charge in [0.25, 0.3) is 10.0 Å². The molecule has 0 fully saturated rings. The number of sulfonamides is 1. The number of fused-ring (bicyclic) bond motifs is 1. The number of nitrogens with one attached hydrogen (secondary N) is 1. The molecule has 3 aromatic carbocycles. The molecule has 0 spiro atoms. The Hall–Kier alpha value is -2.87. The van der Waals surface area contributed by atoms with E-state index in [0.29, 0.717) is 11.4 Å². The third-order valence-corrected chi connectivity index (χ3v) is 8.19. The van der Waals surface area contributed by atoms with Crippen LogP contribution in [0.5, 0.6) is 5.75 Å². The molecule has 186 valence electrons. The Morgan fingerprint density at radius 2 is 1.66 bits per heavy atom. The van der Waals surface area contributed by atoms with Crippen molar-refractivity contribution in [3.63, 3.8) is 0 Å². The summed E-state index contributed by atoms with van der Waals surface area (Å²) in [5.74, 6) is 0.704. The smallest absolute Gasteiger partial charge is 0.264 e. The molecule has 35 heavy (non-hydrogen) atoms. The summed E-state index contributed by atoms with van der Waals surface area (Å²) in [5, 5.41) is 14.6. The third kappa shape index (κ3) is 5.37. The molecule has 6 nitrogen and oxygen atoms in total. The number of aliphatic hydroxyl groups is 1. The highest BCUT2D eigenvalue weighted by Crippen LogP contribution is 2.40. The van der Waals surface area contributed by atoms with Crippen molar-refractivity contribution in [1.82, 2.24) is 5.32 Å². The first-order valence-corrected chi connectivity index (χ1v) is 13.5. The largest absolute Gasteiger partial charge is 0.485 e. The van der Waals surface area contributed by atoms with Gasteiger partial charge >= 0.3 is 0 Å². The minimum absolute atomic E-state index is 0.149. The normalized spacial score (nSPS) is 19.0. The Morgan fingerprint density at radius 1 is 1.00 bits per heavy atom. The summed E-state index contributed by atoms with van der Waals surface area (Å²) in [4.78, 5) is 0.237. The fourth-order valence-corrected chi connectivity index (χ4v) is 5.87. The molecule has 2 N–H and O–H groups in total. The monoisotopic (exact) mass is 494 g/mol. The van der Waals surface area contributed by atoms with Gasteiger partial charge in [-0.1, -0.05) is 55.8 Å². The van der Waals surface area contributed by atoms with E-state index in [-0.39, 0.29) is 17.5 Å². The molecule has 0 bridgehead atoms. The first-order chi connectivity index (χ1) is 16.7. The van der Waals surface area contributed by atoms with Gasteiger partial charge in [0.15, 0.2) is 0 Å². The van der Waals surface area contributed by atoms with Crippen molar-refractivity contribution in [2.24, 2.45) is 0 Å². The first-order valence-electron chi connectivity index (χ1n) is 12.1. The fourth-order valence-electron chi connectivity index (χ4n) is 4.40. The fraction of sp³-hybridized carbons (Fsp3) is 0.357. The lowest BCUT2D eigenvalue weighted by Crippen LogP contribution is -2.52. The Kier molecular flexibility index (Phi) is 7.50. The maximum absolute atomic E-state index is 13.7. The summed E-state index contributed by atoms with van der Waals surface area (Å²) < 4.78 is 34.9. The van der Waals surface area contributed by atoms with Crippen molar-refractivity contribution < 1.29 is 18.3 Å². The lowest BCUT2D eigenvalue weighted by molar-refractivity contribution is -0.0645. The molecule has 1 heterocycles. The minimum Gasteiger partial charge on any atom is -0.485 e. The van der Waals surface area contributed by atoms with Crippen LogP contribution in [0.2, 0.25) is 0 Å². The van der Waals surface area contributed by atoms with Crippen molar-refractivity contribution in [2.45, 2.75) is 62.8 Å². The number of nitrogens with zero attached hydrogens (tertiary/aromatic N) is 1. The number of rotatable bonds is 9. The molecular formula is C28H34N2O4S. The molecule has 4 rings (SSSR count). The number of anilines is 1. The molecule has 1 aliphatic heterocycles. The van der Waals surface area contributed by atoms with Gasteiger partial charge in [-0.3, -0.25) is 4.31 Å². The van der Waals surface area contributed by atoms with Crippen LogP contribution in [0.1, 0.15) is 50.8 Å². The number of aliphatic hydroxyl groups excluding tert-OH is 1. The second kappa shape index (κ2) is 10.4. The highest BCUT2D eigenvalue weighted by Gasteiger charge is 2.42. The predicted molar refractivity (Wildman–Crippen MR) is 139 cm³/mol. The Labute approximate surface area is 208 Å². The van der Waals surface area contributed by atoms with Crippen molar-refractivity contribution in [1.29, 1.82) is 0 Å². The van der Waals surface area contributed by atoms with Crippen LogP contribution in [0.3, 0.4) is 0 Å². The average molecular weight is 495 g/mol. The van der Waals surface area contributed by atoms with Crippen molar-refractivity contribution in [3.8, 4) is 5.75 Å². The topological polar surface area (TPSA) is 78.9 Å². The van der Waals surface area contributed by atoms with Gasteiger partial charge in [-0.15, -0.1) is 0 Å². The molecule has 1 aliphatic rings. The van der Waals surface area contributed by atoms with Crippen LogP contribution in [0.4, 0.5) is 5.69 Å². The Bertz CT molecular complexity index is 1230. The Balaban J connectivity index is 1.72. The molecule has 0 aromatic heterocycles. The molecule has 7 heteroatoms. The van der Waals surface area contributed by atoms with Crippen molar-refractivity contribution in [3.05, 3.63) is 90.0 Å². The minimum atomic E-state index is -3.80. The van der Waals surface area contributed by atoms with Gasteiger partial charge in [-0.05, 0) is 68.8 Å². The SMILES string of the molecule is CCCCN[C@H]1c2cc(CN(c3ccccc3)S(=O)(=O)c3ccccc3)ccc2OC(C)(C)[C@@H]1O. The van der Waals surface area contributed by atoms with Gasteiger partial charge in [-0.25, -0.2) is 8.42 Å². The van der Waals surface area contributed by atoms with Gasteiger partial charge in [0, 0.05) is 5.56 Å². The zero-order valence-corrected chi connectivity index (χ0v) is 21.3. The van der Waals surface area contributed by atoms with E-state index in [1.54, 1.807) is 42.5 Å². The number of benzene rings is 3. The molecule has 3 aromatic rings. The molecule has 0 saturated heterocycles. The number of unbranched alkanes of at least 4 members (excludes halogenated alkanes) is 1. The molecule has 0 amide bonds. The first kappa shape index (κ1) is 25.2. The van der Waals surface area contributed by atoms with Crippen LogP contribution in [-0.4, -0.2) is 31.8 Å². The third-order valence-electron chi connectivity index (χ3n) is 6.41. The van der Waals surface area contributed by atoms with E-state index in [9.17, 15) is 13.5 Å². The molecule has 0 saturated carbocycles. The van der Waals surface area contributed by atoms with Gasteiger partial charge in [0.05, 0.1) is 23.2 Å². The molecular weight excluding hydrogens is 460 g/mol. The highest BCUT2D eigenvalue weighted by molar-refractivity contribution is 7.92. The van der Waals surface area contributed by atoms with E-state index in [1.165, 1.54) is 4.31 Å². The summed E-state index contributed by atoms with van der Waals surface area (Å²) in [6.07, 6.45) is 1.29. The van der Waals surface area contributed by atoms with E-state index in [0.717, 1.165) is 30.5 Å². The summed E-state index contributed by atoms with van der Waals surface area (Å²) >= 11 is 0. The quantitative estimate of drug-likeness (QED) is 0.407. The zero-order valence-electron chi connectivity index (χ0n) is 20.5. The lowest BCUT2D eigenvalue weighted by Gasteiger charge is -2.42. The van der Waals surface area contributed by atoms with Crippen LogP contribution < -0.4 is 14.4 Å². The molecule has 0 unspecified atom stereocenters. The molecule has 0 radical (unpaired) electrons. The zero-order chi connectivity index (χ0) is 25.1. The predicted octanol–water partition coefficient (Wildman–Crippen LogP) is 5.04. The number of para-hydroxylation sites is 1. The second-order valence-electron chi connectivity index (χ2n) is 9.47. The second-order valence-corrected chi connectivity index (χ2v) is 11.3. The number of hydrogen-bond donors (Lipinski definition) is 2. The summed E-state index contributed by atoms with van der Waals surface area (Å²) in [7, 11) is -3.80. The van der Waals surface area contributed by atoms with Crippen molar-refractivity contribution >= 4 is 15.7 Å². The lowest BCUT2D eigenvalue weighted by atomic mass is 9.85. The maximum Gasteiger partial charge on any atom is 0.264 e. The van der Waals surface area contributed by atoms with Crippen LogP contribution in [-0.2, 0) is 16.6 Å². The van der Waals surface area contributed by atoms with E-state index in [1.807, 2.05) is 50.2 Å². The van der Waals surface area contributed by atoms with E-state index in [2.05, 4.69) is 12.2 Å². The standard InChI is InChI=1S/C28H34N2O4S/c1-4-5-18-29-26-24-19-21(16-17-25(24)34-28(2,3)27(26)31)20-30(22-12-8-6-9-13-22)35(32,33)23-14-10-7-11-15-23/h6-17,19,26-27,29,31H,4-5,18,20H2,1-3H3/t26-,27+/m0/s1. The van der Waals surface area contributed by atoms with E-state index < -0.39 is 21.7 Å². The summed E-state index contributed by atoms with van der Waals surface area (Å²) in [6.45, 7) is 6.81. The van der Waals surface area contributed by atoms with Crippen LogP contribution >= 0.6 is 0 Å². The van der Waals surface area contributed by atoms with Gasteiger partial charge in [0.2, 0.25) is 0 Å². The average Bonchev–Trinajstić information content (AvgIpc) is 2.86. The van der Waals surface area contributed by atoms with Gasteiger partial charge in [0.1, 0.15) is 17.5 Å². The van der Waals surface area contributed by atoms with Crippen LogP contribution in [0, 0.1) is 0 Å². The Morgan fingerprint density at radius 3 is 2.31 bits per heavy atom. The summed E-state index contributed by atoms with van der Waals surface area (Å²) in [5.41, 5.74) is 1.50. The maximum atomic E-state index is 13.7. The van der Waals surface area contributed by atoms with Gasteiger partial charge in [-0.2, -0.15) is 0 Å².